The molecule has 0 amide bonds. The third kappa shape index (κ3) is 6.69. The minimum absolute atomic E-state index is 0.296. The van der Waals surface area contributed by atoms with E-state index in [1.807, 2.05) is 18.4 Å². The molecule has 5 nitrogen and oxygen atoms in total. The van der Waals surface area contributed by atoms with Crippen LogP contribution in [0, 0.1) is 0 Å². The number of nitrogens with one attached hydrogen (secondary N) is 2. The number of hydrogen-bond acceptors (Lipinski definition) is 4. The summed E-state index contributed by atoms with van der Waals surface area (Å²) in [6, 6.07) is 4.53. The average Bonchev–Trinajstić information content (AvgIpc) is 3.32. The van der Waals surface area contributed by atoms with Crippen molar-refractivity contribution in [2.24, 2.45) is 4.99 Å². The molecule has 2 fully saturated rings. The molecule has 0 unspecified atom stereocenters. The van der Waals surface area contributed by atoms with E-state index in [1.54, 1.807) is 4.88 Å². The molecule has 2 heterocycles. The Balaban J connectivity index is 1.35. The van der Waals surface area contributed by atoms with E-state index in [0.29, 0.717) is 5.41 Å². The van der Waals surface area contributed by atoms with Crippen LogP contribution in [-0.2, 0) is 5.41 Å². The van der Waals surface area contributed by atoms with E-state index in [9.17, 15) is 0 Å². The minimum Gasteiger partial charge on any atom is -0.356 e. The van der Waals surface area contributed by atoms with Crippen LogP contribution in [0.5, 0.6) is 0 Å². The lowest BCUT2D eigenvalue weighted by molar-refractivity contribution is 0.136. The smallest absolute Gasteiger partial charge is 0.191 e. The van der Waals surface area contributed by atoms with Gasteiger partial charge in [0, 0.05) is 56.6 Å². The van der Waals surface area contributed by atoms with Crippen molar-refractivity contribution in [1.29, 1.82) is 0 Å². The number of rotatable bonds is 9. The fraction of sp³-hybridized carbons (Fsp3) is 0.783. The second-order valence-electron chi connectivity index (χ2n) is 8.65. The van der Waals surface area contributed by atoms with Gasteiger partial charge in [0.25, 0.3) is 0 Å². The van der Waals surface area contributed by atoms with Gasteiger partial charge in [-0.25, -0.2) is 0 Å². The number of unbranched alkanes of at least 4 members (excludes halogenated alkanes) is 1. The monoisotopic (exact) mass is 419 g/mol. The number of piperazine rings is 1. The molecule has 0 spiro atoms. The van der Waals surface area contributed by atoms with E-state index in [2.05, 4.69) is 49.9 Å². The Morgan fingerprint density at radius 1 is 1.07 bits per heavy atom. The summed E-state index contributed by atoms with van der Waals surface area (Å²) in [7, 11) is 1.89. The first-order chi connectivity index (χ1) is 14.3. The van der Waals surface area contributed by atoms with Crippen molar-refractivity contribution < 1.29 is 0 Å². The van der Waals surface area contributed by atoms with Crippen LogP contribution in [0.1, 0.15) is 56.7 Å². The molecule has 1 aliphatic heterocycles. The molecule has 0 aromatic carbocycles. The van der Waals surface area contributed by atoms with Crippen molar-refractivity contribution >= 4 is 17.3 Å². The molecular weight excluding hydrogens is 378 g/mol. The molecular formula is C23H41N5S. The lowest BCUT2D eigenvalue weighted by Gasteiger charge is -2.37. The first-order valence-electron chi connectivity index (χ1n) is 11.7. The maximum Gasteiger partial charge on any atom is 0.191 e. The van der Waals surface area contributed by atoms with Crippen LogP contribution in [0.15, 0.2) is 22.5 Å². The molecule has 1 aliphatic carbocycles. The summed E-state index contributed by atoms with van der Waals surface area (Å²) in [6.45, 7) is 11.6. The van der Waals surface area contributed by atoms with Crippen molar-refractivity contribution in [3.63, 3.8) is 0 Å². The number of nitrogens with zero attached hydrogens (tertiary/aromatic N) is 3. The maximum absolute atomic E-state index is 4.47. The molecule has 1 aromatic heterocycles. The predicted molar refractivity (Wildman–Crippen MR) is 126 cm³/mol. The molecule has 2 N–H and O–H groups in total. The molecule has 3 rings (SSSR count). The summed E-state index contributed by atoms with van der Waals surface area (Å²) < 4.78 is 0. The summed E-state index contributed by atoms with van der Waals surface area (Å²) >= 11 is 1.92. The van der Waals surface area contributed by atoms with E-state index >= 15 is 0 Å². The topological polar surface area (TPSA) is 42.9 Å². The van der Waals surface area contributed by atoms with Crippen LogP contribution < -0.4 is 10.6 Å². The highest BCUT2D eigenvalue weighted by molar-refractivity contribution is 7.10. The van der Waals surface area contributed by atoms with E-state index < -0.39 is 0 Å². The molecule has 0 bridgehead atoms. The summed E-state index contributed by atoms with van der Waals surface area (Å²) in [6.07, 6.45) is 9.12. The number of hydrogen-bond donors (Lipinski definition) is 2. The lowest BCUT2D eigenvalue weighted by Crippen LogP contribution is -2.47. The van der Waals surface area contributed by atoms with Gasteiger partial charge in [0.1, 0.15) is 0 Å². The van der Waals surface area contributed by atoms with E-state index in [0.717, 1.165) is 19.0 Å². The SMILES string of the molecule is CCN1CCN(CCCCNC(=NC)NCC2(c3cccs3)CCCCC2)CC1. The predicted octanol–water partition coefficient (Wildman–Crippen LogP) is 3.53. The van der Waals surface area contributed by atoms with Crippen molar-refractivity contribution in [2.45, 2.75) is 57.3 Å². The van der Waals surface area contributed by atoms with Crippen LogP contribution in [-0.4, -0.2) is 75.2 Å². The number of thiophene rings is 1. The van der Waals surface area contributed by atoms with Crippen molar-refractivity contribution in [2.75, 3.05) is 59.4 Å². The van der Waals surface area contributed by atoms with Crippen LogP contribution in [0.4, 0.5) is 0 Å². The highest BCUT2D eigenvalue weighted by Gasteiger charge is 2.34. The van der Waals surface area contributed by atoms with Crippen molar-refractivity contribution in [3.8, 4) is 0 Å². The van der Waals surface area contributed by atoms with Gasteiger partial charge in [0.05, 0.1) is 0 Å². The van der Waals surface area contributed by atoms with Crippen molar-refractivity contribution in [3.05, 3.63) is 22.4 Å². The summed E-state index contributed by atoms with van der Waals surface area (Å²) in [4.78, 5) is 11.2. The zero-order valence-electron chi connectivity index (χ0n) is 18.6. The average molecular weight is 420 g/mol. The molecule has 1 aromatic rings. The Hall–Kier alpha value is -1.11. The van der Waals surface area contributed by atoms with E-state index in [-0.39, 0.29) is 0 Å². The van der Waals surface area contributed by atoms with Gasteiger partial charge < -0.3 is 20.4 Å². The fourth-order valence-corrected chi connectivity index (χ4v) is 5.78. The van der Waals surface area contributed by atoms with Gasteiger partial charge in [0.15, 0.2) is 5.96 Å². The molecule has 1 saturated heterocycles. The molecule has 164 valence electrons. The minimum atomic E-state index is 0.296. The third-order valence-electron chi connectivity index (χ3n) is 6.78. The third-order valence-corrected chi connectivity index (χ3v) is 7.89. The molecule has 0 atom stereocenters. The van der Waals surface area contributed by atoms with Gasteiger partial charge in [-0.15, -0.1) is 11.3 Å². The van der Waals surface area contributed by atoms with E-state index in [4.69, 9.17) is 0 Å². The van der Waals surface area contributed by atoms with Crippen LogP contribution in [0.25, 0.3) is 0 Å². The Morgan fingerprint density at radius 2 is 1.83 bits per heavy atom. The fourth-order valence-electron chi connectivity index (χ4n) is 4.79. The van der Waals surface area contributed by atoms with Crippen LogP contribution >= 0.6 is 11.3 Å². The summed E-state index contributed by atoms with van der Waals surface area (Å²) in [5.74, 6) is 0.961. The van der Waals surface area contributed by atoms with Gasteiger partial charge in [-0.05, 0) is 50.2 Å². The summed E-state index contributed by atoms with van der Waals surface area (Å²) in [5, 5.41) is 9.41. The van der Waals surface area contributed by atoms with Gasteiger partial charge >= 0.3 is 0 Å². The van der Waals surface area contributed by atoms with Crippen LogP contribution in [0.2, 0.25) is 0 Å². The second-order valence-corrected chi connectivity index (χ2v) is 9.60. The maximum atomic E-state index is 4.47. The molecule has 29 heavy (non-hydrogen) atoms. The highest BCUT2D eigenvalue weighted by Crippen LogP contribution is 2.41. The number of likely N-dealkylation sites (N-methyl/N-ethyl adjacent to an activating group) is 1. The quantitative estimate of drug-likeness (QED) is 0.365. The Bertz CT molecular complexity index is 586. The Kier molecular flexibility index (Phi) is 9.28. The van der Waals surface area contributed by atoms with Crippen molar-refractivity contribution in [1.82, 2.24) is 20.4 Å². The second kappa shape index (κ2) is 11.9. The number of guanidine groups is 1. The van der Waals surface area contributed by atoms with Gasteiger partial charge in [-0.3, -0.25) is 4.99 Å². The van der Waals surface area contributed by atoms with E-state index in [1.165, 1.54) is 84.2 Å². The van der Waals surface area contributed by atoms with Gasteiger partial charge in [-0.2, -0.15) is 0 Å². The van der Waals surface area contributed by atoms with Gasteiger partial charge in [-0.1, -0.05) is 32.3 Å². The zero-order valence-corrected chi connectivity index (χ0v) is 19.4. The normalized spacial score (nSPS) is 21.2. The molecule has 6 heteroatoms. The first-order valence-corrected chi connectivity index (χ1v) is 12.6. The van der Waals surface area contributed by atoms with Gasteiger partial charge in [0.2, 0.25) is 0 Å². The summed E-state index contributed by atoms with van der Waals surface area (Å²) in [5.41, 5.74) is 0.296. The molecule has 2 aliphatic rings. The largest absolute Gasteiger partial charge is 0.356 e. The lowest BCUT2D eigenvalue weighted by atomic mass is 9.73. The zero-order chi connectivity index (χ0) is 20.4. The molecule has 0 radical (unpaired) electrons. The highest BCUT2D eigenvalue weighted by atomic mass is 32.1. The van der Waals surface area contributed by atoms with Crippen LogP contribution in [0.3, 0.4) is 0 Å². The first kappa shape index (κ1) is 22.6. The Labute approximate surface area is 182 Å². The molecule has 1 saturated carbocycles. The number of aliphatic imine (C=N–C) groups is 1. The standard InChI is InChI=1S/C23H41N5S/c1-3-27-15-17-28(18-16-27)14-8-7-13-25-22(24-2)26-20-23(11-5-4-6-12-23)21-10-9-19-29-21/h9-10,19H,3-8,11-18,20H2,1-2H3,(H2,24,25,26). The Morgan fingerprint density at radius 3 is 2.48 bits per heavy atom.